The molecule has 0 saturated heterocycles. The van der Waals surface area contributed by atoms with Crippen LogP contribution in [0.5, 0.6) is 5.75 Å². The normalized spacial score (nSPS) is 15.1. The average molecular weight is 262 g/mol. The number of nitrogens with two attached hydrogens (primary N) is 1. The highest BCUT2D eigenvalue weighted by Gasteiger charge is 2.29. The van der Waals surface area contributed by atoms with Crippen molar-refractivity contribution < 1.29 is 4.74 Å². The molecule has 1 aliphatic carbocycles. The van der Waals surface area contributed by atoms with Crippen LogP contribution in [0.3, 0.4) is 0 Å². The van der Waals surface area contributed by atoms with Gasteiger partial charge in [0.05, 0.1) is 11.8 Å². The van der Waals surface area contributed by atoms with Gasteiger partial charge in [0.15, 0.2) is 0 Å². The first-order valence-electron chi connectivity index (χ1n) is 7.30. The van der Waals surface area contributed by atoms with E-state index in [0.29, 0.717) is 12.0 Å². The van der Waals surface area contributed by atoms with Gasteiger partial charge >= 0.3 is 0 Å². The average Bonchev–Trinajstić information content (AvgIpc) is 3.12. The molecule has 1 aromatic carbocycles. The van der Waals surface area contributed by atoms with Crippen LogP contribution in [0.2, 0.25) is 0 Å². The Labute approximate surface area is 116 Å². The second-order valence-electron chi connectivity index (χ2n) is 6.17. The van der Waals surface area contributed by atoms with Gasteiger partial charge in [0, 0.05) is 24.3 Å². The van der Waals surface area contributed by atoms with E-state index in [9.17, 15) is 0 Å². The summed E-state index contributed by atoms with van der Waals surface area (Å²) in [6, 6.07) is 6.88. The summed E-state index contributed by atoms with van der Waals surface area (Å²) in [6.45, 7) is 9.67. The van der Waals surface area contributed by atoms with Crippen molar-refractivity contribution >= 4 is 11.4 Å². The van der Waals surface area contributed by atoms with Crippen LogP contribution in [0.4, 0.5) is 11.4 Å². The van der Waals surface area contributed by atoms with Crippen LogP contribution in [0.25, 0.3) is 0 Å². The molecule has 0 aliphatic heterocycles. The van der Waals surface area contributed by atoms with E-state index in [0.717, 1.165) is 18.0 Å². The van der Waals surface area contributed by atoms with Gasteiger partial charge in [0.2, 0.25) is 0 Å². The minimum atomic E-state index is 0.150. The molecule has 2 rings (SSSR count). The summed E-state index contributed by atoms with van der Waals surface area (Å²) in [6.07, 6.45) is 2.76. The van der Waals surface area contributed by atoms with Crippen LogP contribution in [0.1, 0.15) is 40.5 Å². The SMILES string of the molecule is CC(C)CN(c1ccc(N)c(OC(C)C)c1)C1CC1. The van der Waals surface area contributed by atoms with Crippen LogP contribution in [-0.4, -0.2) is 18.7 Å². The molecule has 2 N–H and O–H groups in total. The van der Waals surface area contributed by atoms with Crippen molar-refractivity contribution in [3.8, 4) is 5.75 Å². The van der Waals surface area contributed by atoms with Gasteiger partial charge in [-0.15, -0.1) is 0 Å². The van der Waals surface area contributed by atoms with Gasteiger partial charge in [-0.2, -0.15) is 0 Å². The predicted octanol–water partition coefficient (Wildman–Crippen LogP) is 3.68. The van der Waals surface area contributed by atoms with Crippen LogP contribution in [0, 0.1) is 5.92 Å². The second-order valence-corrected chi connectivity index (χ2v) is 6.17. The number of hydrogen-bond acceptors (Lipinski definition) is 3. The molecule has 3 nitrogen and oxygen atoms in total. The van der Waals surface area contributed by atoms with Crippen LogP contribution < -0.4 is 15.4 Å². The lowest BCUT2D eigenvalue weighted by molar-refractivity contribution is 0.244. The number of anilines is 2. The standard InChI is InChI=1S/C16H26N2O/c1-11(2)10-18(13-5-6-13)14-7-8-15(17)16(9-14)19-12(3)4/h7-9,11-13H,5-6,10,17H2,1-4H3. The van der Waals surface area contributed by atoms with Gasteiger partial charge in [-0.05, 0) is 44.7 Å². The van der Waals surface area contributed by atoms with Gasteiger partial charge < -0.3 is 15.4 Å². The van der Waals surface area contributed by atoms with Gasteiger partial charge in [0.1, 0.15) is 5.75 Å². The first-order chi connectivity index (χ1) is 8.97. The topological polar surface area (TPSA) is 38.5 Å². The number of ether oxygens (including phenoxy) is 1. The lowest BCUT2D eigenvalue weighted by atomic mass is 10.1. The molecule has 3 heteroatoms. The Hall–Kier alpha value is -1.38. The highest BCUT2D eigenvalue weighted by Crippen LogP contribution is 2.36. The van der Waals surface area contributed by atoms with E-state index in [1.807, 2.05) is 19.9 Å². The van der Waals surface area contributed by atoms with E-state index < -0.39 is 0 Å². The molecule has 1 aromatic rings. The molecule has 19 heavy (non-hydrogen) atoms. The van der Waals surface area contributed by atoms with Gasteiger partial charge in [-0.25, -0.2) is 0 Å². The fourth-order valence-electron chi connectivity index (χ4n) is 2.30. The van der Waals surface area contributed by atoms with Crippen LogP contribution >= 0.6 is 0 Å². The Bertz CT molecular complexity index is 425. The van der Waals surface area contributed by atoms with E-state index in [1.165, 1.54) is 18.5 Å². The molecule has 0 heterocycles. The third-order valence-corrected chi connectivity index (χ3v) is 3.24. The number of hydrogen-bond donors (Lipinski definition) is 1. The zero-order valence-corrected chi connectivity index (χ0v) is 12.5. The van der Waals surface area contributed by atoms with Crippen molar-refractivity contribution in [3.63, 3.8) is 0 Å². The Balaban J connectivity index is 2.21. The van der Waals surface area contributed by atoms with Gasteiger partial charge in [0.25, 0.3) is 0 Å². The number of benzene rings is 1. The summed E-state index contributed by atoms with van der Waals surface area (Å²) in [5.41, 5.74) is 7.94. The molecule has 0 aromatic heterocycles. The minimum absolute atomic E-state index is 0.150. The molecule has 0 unspecified atom stereocenters. The highest BCUT2D eigenvalue weighted by atomic mass is 16.5. The molecule has 1 fully saturated rings. The Morgan fingerprint density at radius 3 is 2.47 bits per heavy atom. The van der Waals surface area contributed by atoms with Crippen molar-refractivity contribution in [1.29, 1.82) is 0 Å². The molecule has 0 atom stereocenters. The largest absolute Gasteiger partial charge is 0.489 e. The van der Waals surface area contributed by atoms with Gasteiger partial charge in [-0.3, -0.25) is 0 Å². The van der Waals surface area contributed by atoms with Crippen LogP contribution in [-0.2, 0) is 0 Å². The van der Waals surface area contributed by atoms with E-state index in [1.54, 1.807) is 0 Å². The summed E-state index contributed by atoms with van der Waals surface area (Å²) in [5, 5.41) is 0. The van der Waals surface area contributed by atoms with Crippen molar-refractivity contribution in [2.75, 3.05) is 17.2 Å². The maximum absolute atomic E-state index is 5.99. The van der Waals surface area contributed by atoms with E-state index in [4.69, 9.17) is 10.5 Å². The first kappa shape index (κ1) is 14.0. The van der Waals surface area contributed by atoms with Crippen molar-refractivity contribution in [1.82, 2.24) is 0 Å². The quantitative estimate of drug-likeness (QED) is 0.795. The summed E-state index contributed by atoms with van der Waals surface area (Å²) in [5.74, 6) is 1.47. The Morgan fingerprint density at radius 1 is 1.26 bits per heavy atom. The Morgan fingerprint density at radius 2 is 1.95 bits per heavy atom. The van der Waals surface area contributed by atoms with Gasteiger partial charge in [-0.1, -0.05) is 13.8 Å². The van der Waals surface area contributed by atoms with Crippen molar-refractivity contribution in [2.45, 2.75) is 52.7 Å². The molecule has 0 radical (unpaired) electrons. The summed E-state index contributed by atoms with van der Waals surface area (Å²) in [7, 11) is 0. The maximum atomic E-state index is 5.99. The summed E-state index contributed by atoms with van der Waals surface area (Å²) >= 11 is 0. The number of nitrogen functional groups attached to an aromatic ring is 1. The highest BCUT2D eigenvalue weighted by molar-refractivity contribution is 5.63. The molecule has 0 bridgehead atoms. The zero-order valence-electron chi connectivity index (χ0n) is 12.5. The lowest BCUT2D eigenvalue weighted by Crippen LogP contribution is -2.29. The van der Waals surface area contributed by atoms with Crippen molar-refractivity contribution in [2.24, 2.45) is 5.92 Å². The third kappa shape index (κ3) is 3.79. The monoisotopic (exact) mass is 262 g/mol. The smallest absolute Gasteiger partial charge is 0.144 e. The third-order valence-electron chi connectivity index (χ3n) is 3.24. The molecule has 1 aliphatic rings. The van der Waals surface area contributed by atoms with E-state index in [2.05, 4.69) is 30.9 Å². The zero-order chi connectivity index (χ0) is 14.0. The fourth-order valence-corrected chi connectivity index (χ4v) is 2.30. The van der Waals surface area contributed by atoms with Crippen LogP contribution in [0.15, 0.2) is 18.2 Å². The number of nitrogens with zero attached hydrogens (tertiary/aromatic N) is 1. The van der Waals surface area contributed by atoms with E-state index >= 15 is 0 Å². The molecule has 0 spiro atoms. The minimum Gasteiger partial charge on any atom is -0.489 e. The molecular formula is C16H26N2O. The fraction of sp³-hybridized carbons (Fsp3) is 0.625. The first-order valence-corrected chi connectivity index (χ1v) is 7.30. The summed E-state index contributed by atoms with van der Waals surface area (Å²) in [4.78, 5) is 2.50. The molecule has 106 valence electrons. The lowest BCUT2D eigenvalue weighted by Gasteiger charge is -2.27. The second kappa shape index (κ2) is 5.72. The predicted molar refractivity (Wildman–Crippen MR) is 81.8 cm³/mol. The van der Waals surface area contributed by atoms with E-state index in [-0.39, 0.29) is 6.10 Å². The molecule has 0 amide bonds. The molecular weight excluding hydrogens is 236 g/mol. The van der Waals surface area contributed by atoms with Crippen molar-refractivity contribution in [3.05, 3.63) is 18.2 Å². The molecule has 1 saturated carbocycles. The number of rotatable bonds is 6. The Kier molecular flexibility index (Phi) is 4.23. The maximum Gasteiger partial charge on any atom is 0.144 e. The summed E-state index contributed by atoms with van der Waals surface area (Å²) < 4.78 is 5.79.